The van der Waals surface area contributed by atoms with Gasteiger partial charge in [0.2, 0.25) is 0 Å². The van der Waals surface area contributed by atoms with Gasteiger partial charge in [-0.15, -0.1) is 5.10 Å². The molecule has 0 unspecified atom stereocenters. The molecule has 0 atom stereocenters. The molecule has 0 bridgehead atoms. The molecule has 2 aliphatic rings. The largest absolute Gasteiger partial charge is 0.441 e. The molecule has 1 aliphatic heterocycles. The lowest BCUT2D eigenvalue weighted by Crippen LogP contribution is -2.39. The van der Waals surface area contributed by atoms with Crippen LogP contribution in [0.5, 0.6) is 0 Å². The number of nitrogens with zero attached hydrogens (tertiary/aromatic N) is 5. The number of carbonyl (C=O) groups excluding carboxylic acids is 1. The number of aryl methyl sites for hydroxylation is 1. The van der Waals surface area contributed by atoms with E-state index in [-0.39, 0.29) is 6.09 Å². The standard InChI is InChI=1S/C24H26N6O2/c1-17-4-6-20(25-13-17)19-5-7-21(27-15-19)26-14-18-8-10-24(11-9-18)16-30(23(31)32-24)22-3-2-12-28-29-22/h2-7,12-13,15,18H,8-11,14,16H2,1H3,(H,26,27). The highest BCUT2D eigenvalue weighted by atomic mass is 16.6. The minimum atomic E-state index is -0.411. The van der Waals surface area contributed by atoms with E-state index in [0.29, 0.717) is 18.3 Å². The first kappa shape index (κ1) is 20.4. The Labute approximate surface area is 187 Å². The zero-order chi connectivity index (χ0) is 22.0. The number of nitrogens with one attached hydrogen (secondary N) is 1. The van der Waals surface area contributed by atoms with Crippen molar-refractivity contribution in [2.24, 2.45) is 5.92 Å². The van der Waals surface area contributed by atoms with Gasteiger partial charge >= 0.3 is 6.09 Å². The second kappa shape index (κ2) is 8.53. The summed E-state index contributed by atoms with van der Waals surface area (Å²) < 4.78 is 5.81. The van der Waals surface area contributed by atoms with Crippen molar-refractivity contribution in [3.8, 4) is 11.3 Å². The predicted molar refractivity (Wildman–Crippen MR) is 121 cm³/mol. The van der Waals surface area contributed by atoms with E-state index in [0.717, 1.165) is 54.9 Å². The van der Waals surface area contributed by atoms with Gasteiger partial charge < -0.3 is 10.1 Å². The lowest BCUT2D eigenvalue weighted by atomic mass is 9.78. The number of carbonyl (C=O) groups is 1. The first-order valence-corrected chi connectivity index (χ1v) is 11.0. The molecule has 1 spiro atoms. The summed E-state index contributed by atoms with van der Waals surface area (Å²) in [6.07, 6.45) is 8.70. The third kappa shape index (κ3) is 4.26. The Morgan fingerprint density at radius 1 is 1.12 bits per heavy atom. The Kier molecular flexibility index (Phi) is 5.43. The number of rotatable bonds is 5. The quantitative estimate of drug-likeness (QED) is 0.647. The molecule has 4 heterocycles. The van der Waals surface area contributed by atoms with Gasteiger partial charge in [0, 0.05) is 30.7 Å². The maximum atomic E-state index is 12.4. The van der Waals surface area contributed by atoms with E-state index < -0.39 is 5.60 Å². The Morgan fingerprint density at radius 2 is 2.00 bits per heavy atom. The topological polar surface area (TPSA) is 93.1 Å². The fraction of sp³-hybridized carbons (Fsp3) is 0.375. The molecular weight excluding hydrogens is 404 g/mol. The number of amides is 1. The number of hydrogen-bond acceptors (Lipinski definition) is 7. The molecule has 8 nitrogen and oxygen atoms in total. The van der Waals surface area contributed by atoms with Crippen molar-refractivity contribution in [1.82, 2.24) is 20.2 Å². The normalized spacial score (nSPS) is 22.7. The van der Waals surface area contributed by atoms with Gasteiger partial charge in [0.15, 0.2) is 5.82 Å². The van der Waals surface area contributed by atoms with Crippen LogP contribution in [0.15, 0.2) is 55.0 Å². The van der Waals surface area contributed by atoms with Crippen molar-refractivity contribution in [1.29, 1.82) is 0 Å². The summed E-state index contributed by atoms with van der Waals surface area (Å²) in [5.74, 6) is 1.93. The van der Waals surface area contributed by atoms with E-state index in [1.807, 2.05) is 37.5 Å². The Morgan fingerprint density at radius 3 is 2.69 bits per heavy atom. The van der Waals surface area contributed by atoms with Crippen molar-refractivity contribution in [3.63, 3.8) is 0 Å². The van der Waals surface area contributed by atoms with Crippen LogP contribution in [0.3, 0.4) is 0 Å². The van der Waals surface area contributed by atoms with E-state index >= 15 is 0 Å². The van der Waals surface area contributed by atoms with Crippen molar-refractivity contribution in [2.75, 3.05) is 23.3 Å². The maximum Gasteiger partial charge on any atom is 0.416 e. The van der Waals surface area contributed by atoms with Gasteiger partial charge in [-0.05, 0) is 74.4 Å². The number of pyridine rings is 2. The van der Waals surface area contributed by atoms with Gasteiger partial charge in [0.25, 0.3) is 0 Å². The lowest BCUT2D eigenvalue weighted by Gasteiger charge is -2.35. The molecule has 0 radical (unpaired) electrons. The number of hydrogen-bond donors (Lipinski definition) is 1. The van der Waals surface area contributed by atoms with Crippen LogP contribution in [0.2, 0.25) is 0 Å². The fourth-order valence-electron chi connectivity index (χ4n) is 4.44. The van der Waals surface area contributed by atoms with Crippen LogP contribution in [0.4, 0.5) is 16.4 Å². The van der Waals surface area contributed by atoms with Crippen LogP contribution < -0.4 is 10.2 Å². The van der Waals surface area contributed by atoms with Gasteiger partial charge in [-0.25, -0.2) is 9.78 Å². The lowest BCUT2D eigenvalue weighted by molar-refractivity contribution is 0.0148. The number of aromatic nitrogens is 4. The van der Waals surface area contributed by atoms with Crippen LogP contribution in [0.1, 0.15) is 31.2 Å². The molecular formula is C24H26N6O2. The van der Waals surface area contributed by atoms with E-state index in [1.54, 1.807) is 23.2 Å². The molecule has 1 N–H and O–H groups in total. The molecule has 5 rings (SSSR count). The molecule has 0 aromatic carbocycles. The Hall–Kier alpha value is -3.55. The summed E-state index contributed by atoms with van der Waals surface area (Å²) in [5.41, 5.74) is 2.66. The highest BCUT2D eigenvalue weighted by molar-refractivity contribution is 5.89. The van der Waals surface area contributed by atoms with Gasteiger partial charge in [-0.2, -0.15) is 5.10 Å². The SMILES string of the molecule is Cc1ccc(-c2ccc(NCC3CCC4(CC3)CN(c3cccnn3)C(=O)O4)nc2)nc1. The molecule has 1 aliphatic carbocycles. The minimum absolute atomic E-state index is 0.325. The van der Waals surface area contributed by atoms with Gasteiger partial charge in [0.1, 0.15) is 11.4 Å². The van der Waals surface area contributed by atoms with Crippen LogP contribution in [-0.4, -0.2) is 44.9 Å². The second-order valence-corrected chi connectivity index (χ2v) is 8.70. The summed E-state index contributed by atoms with van der Waals surface area (Å²) in [6.45, 7) is 3.42. The average molecular weight is 431 g/mol. The zero-order valence-corrected chi connectivity index (χ0v) is 18.1. The Balaban J connectivity index is 1.13. The van der Waals surface area contributed by atoms with Crippen molar-refractivity contribution in [3.05, 3.63) is 60.6 Å². The summed E-state index contributed by atoms with van der Waals surface area (Å²) in [7, 11) is 0. The summed E-state index contributed by atoms with van der Waals surface area (Å²) in [5, 5.41) is 11.4. The monoisotopic (exact) mass is 430 g/mol. The summed E-state index contributed by atoms with van der Waals surface area (Å²) >= 11 is 0. The highest BCUT2D eigenvalue weighted by Gasteiger charge is 2.48. The number of anilines is 2. The van der Waals surface area contributed by atoms with E-state index in [4.69, 9.17) is 4.74 Å². The van der Waals surface area contributed by atoms with Gasteiger partial charge in [0.05, 0.1) is 12.2 Å². The van der Waals surface area contributed by atoms with Crippen LogP contribution >= 0.6 is 0 Å². The minimum Gasteiger partial charge on any atom is -0.441 e. The zero-order valence-electron chi connectivity index (χ0n) is 18.1. The third-order valence-corrected chi connectivity index (χ3v) is 6.36. The smallest absolute Gasteiger partial charge is 0.416 e. The molecule has 3 aromatic heterocycles. The van der Waals surface area contributed by atoms with E-state index in [2.05, 4.69) is 31.5 Å². The van der Waals surface area contributed by atoms with Crippen molar-refractivity contribution in [2.45, 2.75) is 38.2 Å². The van der Waals surface area contributed by atoms with E-state index in [1.165, 1.54) is 0 Å². The molecule has 8 heteroatoms. The average Bonchev–Trinajstić information content (AvgIpc) is 3.16. The first-order valence-electron chi connectivity index (χ1n) is 11.0. The van der Waals surface area contributed by atoms with Gasteiger partial charge in [-0.3, -0.25) is 9.88 Å². The number of ether oxygens (including phenoxy) is 1. The summed E-state index contributed by atoms with van der Waals surface area (Å²) in [6, 6.07) is 11.7. The Bertz CT molecular complexity index is 1060. The molecule has 1 saturated carbocycles. The van der Waals surface area contributed by atoms with Crippen molar-refractivity contribution >= 4 is 17.7 Å². The first-order chi connectivity index (χ1) is 15.6. The molecule has 164 valence electrons. The predicted octanol–water partition coefficient (Wildman–Crippen LogP) is 4.24. The van der Waals surface area contributed by atoms with E-state index in [9.17, 15) is 4.79 Å². The molecule has 1 amide bonds. The molecule has 32 heavy (non-hydrogen) atoms. The molecule has 2 fully saturated rings. The third-order valence-electron chi connectivity index (χ3n) is 6.36. The second-order valence-electron chi connectivity index (χ2n) is 8.70. The maximum absolute atomic E-state index is 12.4. The van der Waals surface area contributed by atoms with Crippen LogP contribution in [-0.2, 0) is 4.74 Å². The molecule has 1 saturated heterocycles. The van der Waals surface area contributed by atoms with Crippen LogP contribution in [0, 0.1) is 12.8 Å². The fourth-order valence-corrected chi connectivity index (χ4v) is 4.44. The van der Waals surface area contributed by atoms with Gasteiger partial charge in [-0.1, -0.05) is 6.07 Å². The molecule has 3 aromatic rings. The highest BCUT2D eigenvalue weighted by Crippen LogP contribution is 2.40. The summed E-state index contributed by atoms with van der Waals surface area (Å²) in [4.78, 5) is 23.0. The van der Waals surface area contributed by atoms with Crippen LogP contribution in [0.25, 0.3) is 11.3 Å². The van der Waals surface area contributed by atoms with Crippen molar-refractivity contribution < 1.29 is 9.53 Å².